The molecule has 1 heterocycles. The van der Waals surface area contributed by atoms with Crippen molar-refractivity contribution in [1.29, 1.82) is 0 Å². The third kappa shape index (κ3) is 4.30. The van der Waals surface area contributed by atoms with Gasteiger partial charge in [0.05, 0.1) is 0 Å². The molecule has 0 amide bonds. The van der Waals surface area contributed by atoms with Gasteiger partial charge in [-0.2, -0.15) is 0 Å². The van der Waals surface area contributed by atoms with Crippen LogP contribution in [0.3, 0.4) is 0 Å². The summed E-state index contributed by atoms with van der Waals surface area (Å²) in [7, 11) is 0. The van der Waals surface area contributed by atoms with Crippen molar-refractivity contribution in [3.05, 3.63) is 35.4 Å². The summed E-state index contributed by atoms with van der Waals surface area (Å²) in [6.07, 6.45) is 0. The minimum atomic E-state index is 0.232. The molecule has 3 heteroatoms. The Balaban J connectivity index is 1.91. The summed E-state index contributed by atoms with van der Waals surface area (Å²) in [5, 5.41) is 0. The van der Waals surface area contributed by atoms with Gasteiger partial charge in [-0.15, -0.1) is 0 Å². The zero-order chi connectivity index (χ0) is 14.6. The van der Waals surface area contributed by atoms with Crippen LogP contribution in [0.4, 0.5) is 0 Å². The van der Waals surface area contributed by atoms with Crippen molar-refractivity contribution in [3.63, 3.8) is 0 Å². The maximum absolute atomic E-state index is 5.62. The molecular formula is C17H29N3. The molecule has 1 saturated heterocycles. The molecule has 1 aromatic carbocycles. The number of rotatable bonds is 4. The van der Waals surface area contributed by atoms with Gasteiger partial charge in [0.2, 0.25) is 0 Å². The van der Waals surface area contributed by atoms with Crippen LogP contribution in [0.15, 0.2) is 24.3 Å². The van der Waals surface area contributed by atoms with E-state index in [4.69, 9.17) is 5.73 Å². The molecule has 2 rings (SSSR count). The van der Waals surface area contributed by atoms with Gasteiger partial charge in [-0.05, 0) is 16.5 Å². The van der Waals surface area contributed by atoms with Crippen LogP contribution in [0.5, 0.6) is 0 Å². The lowest BCUT2D eigenvalue weighted by atomic mass is 9.86. The van der Waals surface area contributed by atoms with Crippen LogP contribution < -0.4 is 5.73 Å². The number of nitrogens with zero attached hydrogens (tertiary/aromatic N) is 2. The van der Waals surface area contributed by atoms with E-state index < -0.39 is 0 Å². The second kappa shape index (κ2) is 6.70. The average molecular weight is 275 g/mol. The molecule has 1 aliphatic rings. The van der Waals surface area contributed by atoms with E-state index in [9.17, 15) is 0 Å². The predicted octanol–water partition coefficient (Wildman–Crippen LogP) is 2.06. The van der Waals surface area contributed by atoms with Gasteiger partial charge in [-0.3, -0.25) is 9.80 Å². The maximum atomic E-state index is 5.62. The average Bonchev–Trinajstić information content (AvgIpc) is 2.41. The fourth-order valence-corrected chi connectivity index (χ4v) is 2.75. The van der Waals surface area contributed by atoms with Crippen molar-refractivity contribution in [2.24, 2.45) is 5.73 Å². The SMILES string of the molecule is CC(C)(C)c1cccc(CN2CCN(CCN)CC2)c1. The Kier molecular flexibility index (Phi) is 5.19. The molecule has 0 bridgehead atoms. The summed E-state index contributed by atoms with van der Waals surface area (Å²) in [5.41, 5.74) is 8.71. The first-order chi connectivity index (χ1) is 9.49. The fraction of sp³-hybridized carbons (Fsp3) is 0.647. The maximum Gasteiger partial charge on any atom is 0.0234 e. The van der Waals surface area contributed by atoms with E-state index in [0.29, 0.717) is 0 Å². The second-order valence-corrected chi connectivity index (χ2v) is 6.86. The first kappa shape index (κ1) is 15.5. The molecule has 0 spiro atoms. The summed E-state index contributed by atoms with van der Waals surface area (Å²) in [6, 6.07) is 9.05. The molecule has 0 saturated carbocycles. The molecule has 3 nitrogen and oxygen atoms in total. The molecule has 0 atom stereocenters. The normalized spacial score (nSPS) is 18.4. The highest BCUT2D eigenvalue weighted by molar-refractivity contribution is 5.28. The quantitative estimate of drug-likeness (QED) is 0.913. The topological polar surface area (TPSA) is 32.5 Å². The van der Waals surface area contributed by atoms with Gasteiger partial charge in [-0.1, -0.05) is 45.0 Å². The van der Waals surface area contributed by atoms with Crippen LogP contribution in [-0.2, 0) is 12.0 Å². The van der Waals surface area contributed by atoms with Crippen molar-refractivity contribution < 1.29 is 0 Å². The van der Waals surface area contributed by atoms with Crippen LogP contribution in [0, 0.1) is 0 Å². The summed E-state index contributed by atoms with van der Waals surface area (Å²) < 4.78 is 0. The van der Waals surface area contributed by atoms with E-state index in [1.807, 2.05) is 0 Å². The van der Waals surface area contributed by atoms with Gasteiger partial charge < -0.3 is 5.73 Å². The highest BCUT2D eigenvalue weighted by Gasteiger charge is 2.17. The zero-order valence-electron chi connectivity index (χ0n) is 13.2. The van der Waals surface area contributed by atoms with Gasteiger partial charge in [-0.25, -0.2) is 0 Å². The lowest BCUT2D eigenvalue weighted by Crippen LogP contribution is -2.47. The van der Waals surface area contributed by atoms with E-state index in [-0.39, 0.29) is 5.41 Å². The molecular weight excluding hydrogens is 246 g/mol. The predicted molar refractivity (Wildman–Crippen MR) is 85.9 cm³/mol. The van der Waals surface area contributed by atoms with Crippen molar-refractivity contribution in [2.75, 3.05) is 39.3 Å². The van der Waals surface area contributed by atoms with Crippen molar-refractivity contribution in [2.45, 2.75) is 32.7 Å². The van der Waals surface area contributed by atoms with Crippen LogP contribution in [0.2, 0.25) is 0 Å². The molecule has 1 aromatic rings. The number of benzene rings is 1. The van der Waals surface area contributed by atoms with Crippen LogP contribution in [-0.4, -0.2) is 49.1 Å². The van der Waals surface area contributed by atoms with E-state index in [0.717, 1.165) is 45.8 Å². The Morgan fingerprint density at radius 2 is 1.70 bits per heavy atom. The van der Waals surface area contributed by atoms with E-state index >= 15 is 0 Å². The Hall–Kier alpha value is -0.900. The summed E-state index contributed by atoms with van der Waals surface area (Å²) >= 11 is 0. The van der Waals surface area contributed by atoms with Crippen LogP contribution in [0.25, 0.3) is 0 Å². The molecule has 112 valence electrons. The molecule has 1 aliphatic heterocycles. The molecule has 0 aromatic heterocycles. The monoisotopic (exact) mass is 275 g/mol. The lowest BCUT2D eigenvalue weighted by molar-refractivity contribution is 0.130. The number of nitrogens with two attached hydrogens (primary N) is 1. The van der Waals surface area contributed by atoms with Gasteiger partial charge in [0.25, 0.3) is 0 Å². The highest BCUT2D eigenvalue weighted by atomic mass is 15.3. The van der Waals surface area contributed by atoms with Crippen molar-refractivity contribution in [3.8, 4) is 0 Å². The summed E-state index contributed by atoms with van der Waals surface area (Å²) in [6.45, 7) is 14.3. The van der Waals surface area contributed by atoms with Gasteiger partial charge >= 0.3 is 0 Å². The minimum absolute atomic E-state index is 0.232. The molecule has 0 aliphatic carbocycles. The third-order valence-electron chi connectivity index (χ3n) is 4.11. The first-order valence-corrected chi connectivity index (χ1v) is 7.73. The number of hydrogen-bond acceptors (Lipinski definition) is 3. The smallest absolute Gasteiger partial charge is 0.0234 e. The highest BCUT2D eigenvalue weighted by Crippen LogP contribution is 2.23. The first-order valence-electron chi connectivity index (χ1n) is 7.73. The van der Waals surface area contributed by atoms with Crippen LogP contribution in [0.1, 0.15) is 31.9 Å². The third-order valence-corrected chi connectivity index (χ3v) is 4.11. The van der Waals surface area contributed by atoms with E-state index in [1.165, 1.54) is 11.1 Å². The van der Waals surface area contributed by atoms with Crippen molar-refractivity contribution >= 4 is 0 Å². The summed E-state index contributed by atoms with van der Waals surface area (Å²) in [4.78, 5) is 5.01. The Bertz CT molecular complexity index is 414. The van der Waals surface area contributed by atoms with E-state index in [2.05, 4.69) is 54.8 Å². The molecule has 0 unspecified atom stereocenters. The Morgan fingerprint density at radius 3 is 2.30 bits per heavy atom. The standard InChI is InChI=1S/C17H29N3/c1-17(2,3)16-6-4-5-15(13-16)14-20-11-9-19(8-7-18)10-12-20/h4-6,13H,7-12,14,18H2,1-3H3. The largest absolute Gasteiger partial charge is 0.329 e. The molecule has 2 N–H and O–H groups in total. The molecule has 0 radical (unpaired) electrons. The molecule has 20 heavy (non-hydrogen) atoms. The second-order valence-electron chi connectivity index (χ2n) is 6.86. The minimum Gasteiger partial charge on any atom is -0.329 e. The summed E-state index contributed by atoms with van der Waals surface area (Å²) in [5.74, 6) is 0. The van der Waals surface area contributed by atoms with Gasteiger partial charge in [0.1, 0.15) is 0 Å². The van der Waals surface area contributed by atoms with Crippen LogP contribution >= 0.6 is 0 Å². The fourth-order valence-electron chi connectivity index (χ4n) is 2.75. The number of piperazine rings is 1. The zero-order valence-corrected chi connectivity index (χ0v) is 13.2. The molecule has 1 fully saturated rings. The van der Waals surface area contributed by atoms with Gasteiger partial charge in [0.15, 0.2) is 0 Å². The lowest BCUT2D eigenvalue weighted by Gasteiger charge is -2.34. The van der Waals surface area contributed by atoms with E-state index in [1.54, 1.807) is 0 Å². The Labute approximate surface area is 123 Å². The Morgan fingerprint density at radius 1 is 1.05 bits per heavy atom. The van der Waals surface area contributed by atoms with Crippen molar-refractivity contribution in [1.82, 2.24) is 9.80 Å². The van der Waals surface area contributed by atoms with Gasteiger partial charge in [0, 0.05) is 45.8 Å². The number of hydrogen-bond donors (Lipinski definition) is 1.